The van der Waals surface area contributed by atoms with Crippen LogP contribution in [-0.2, 0) is 6.42 Å². The van der Waals surface area contributed by atoms with Crippen LogP contribution in [0.15, 0.2) is 30.3 Å². The summed E-state index contributed by atoms with van der Waals surface area (Å²) in [4.78, 5) is 16.5. The van der Waals surface area contributed by atoms with Crippen LogP contribution in [0, 0.1) is 17.2 Å². The Bertz CT molecular complexity index is 1150. The van der Waals surface area contributed by atoms with E-state index in [-0.39, 0.29) is 17.3 Å². The monoisotopic (exact) mass is 513 g/mol. The molecule has 4 aliphatic rings. The SMILES string of the molecule is CCCCOc1ccc(-c2cc3c(cc2F)[C@H](N(C(=O)[O-])[C@@H]2CN4CCC2CC4)C(C)(C)C3)cc1Cl. The van der Waals surface area contributed by atoms with Gasteiger partial charge in [0.25, 0.3) is 0 Å². The fraction of sp³-hybridized carbons (Fsp3) is 0.552. The zero-order chi connectivity index (χ0) is 25.6. The van der Waals surface area contributed by atoms with Crippen molar-refractivity contribution in [2.24, 2.45) is 11.3 Å². The molecule has 6 rings (SSSR count). The van der Waals surface area contributed by atoms with Crippen molar-refractivity contribution < 1.29 is 19.0 Å². The minimum Gasteiger partial charge on any atom is -0.530 e. The molecular formula is C29H35ClFN2O3-. The summed E-state index contributed by atoms with van der Waals surface area (Å²) in [6, 6.07) is 8.22. The largest absolute Gasteiger partial charge is 0.530 e. The molecule has 0 radical (unpaired) electrons. The van der Waals surface area contributed by atoms with E-state index in [2.05, 4.69) is 25.7 Å². The van der Waals surface area contributed by atoms with Gasteiger partial charge in [0.1, 0.15) is 17.7 Å². The minimum absolute atomic E-state index is 0.116. The van der Waals surface area contributed by atoms with E-state index in [1.807, 2.05) is 12.1 Å². The van der Waals surface area contributed by atoms with Crippen molar-refractivity contribution in [3.05, 3.63) is 52.3 Å². The Hall–Kier alpha value is -2.31. The Kier molecular flexibility index (Phi) is 6.94. The lowest BCUT2D eigenvalue weighted by atomic mass is 9.79. The first-order chi connectivity index (χ1) is 17.2. The number of carbonyl (C=O) groups excluding carboxylic acids is 1. The highest BCUT2D eigenvalue weighted by molar-refractivity contribution is 6.32. The second-order valence-electron chi connectivity index (χ2n) is 11.3. The molecule has 0 saturated carbocycles. The van der Waals surface area contributed by atoms with E-state index < -0.39 is 12.1 Å². The summed E-state index contributed by atoms with van der Waals surface area (Å²) in [5.41, 5.74) is 2.50. The molecule has 3 saturated heterocycles. The number of halogens is 2. The van der Waals surface area contributed by atoms with Gasteiger partial charge >= 0.3 is 0 Å². The summed E-state index contributed by atoms with van der Waals surface area (Å²) >= 11 is 6.46. The average Bonchev–Trinajstić information content (AvgIpc) is 3.09. The van der Waals surface area contributed by atoms with E-state index in [0.29, 0.717) is 40.8 Å². The van der Waals surface area contributed by atoms with Crippen LogP contribution in [0.25, 0.3) is 11.1 Å². The molecule has 3 fully saturated rings. The average molecular weight is 514 g/mol. The molecule has 5 nitrogen and oxygen atoms in total. The molecular weight excluding hydrogens is 479 g/mol. The minimum atomic E-state index is -1.16. The van der Waals surface area contributed by atoms with Gasteiger partial charge < -0.3 is 24.4 Å². The van der Waals surface area contributed by atoms with E-state index in [1.165, 1.54) is 0 Å². The molecule has 7 heteroatoms. The predicted molar refractivity (Wildman–Crippen MR) is 138 cm³/mol. The van der Waals surface area contributed by atoms with Crippen molar-refractivity contribution in [1.29, 1.82) is 0 Å². The van der Waals surface area contributed by atoms with E-state index in [4.69, 9.17) is 16.3 Å². The van der Waals surface area contributed by atoms with Crippen LogP contribution >= 0.6 is 11.6 Å². The summed E-state index contributed by atoms with van der Waals surface area (Å²) in [6.07, 6.45) is 3.48. The van der Waals surface area contributed by atoms with Gasteiger partial charge in [-0.1, -0.05) is 44.9 Å². The maximum Gasteiger partial charge on any atom is 0.137 e. The van der Waals surface area contributed by atoms with Crippen LogP contribution in [-0.4, -0.2) is 48.2 Å². The molecule has 3 aliphatic heterocycles. The molecule has 1 aliphatic carbocycles. The molecule has 2 bridgehead atoms. The van der Waals surface area contributed by atoms with Gasteiger partial charge in [-0.05, 0) is 91.1 Å². The third kappa shape index (κ3) is 4.58. The molecule has 36 heavy (non-hydrogen) atoms. The number of fused-ring (bicyclic) bond motifs is 4. The van der Waals surface area contributed by atoms with Crippen molar-refractivity contribution >= 4 is 17.7 Å². The smallest absolute Gasteiger partial charge is 0.137 e. The number of rotatable bonds is 7. The highest BCUT2D eigenvalue weighted by Gasteiger charge is 2.48. The lowest BCUT2D eigenvalue weighted by Crippen LogP contribution is -2.62. The zero-order valence-corrected chi connectivity index (χ0v) is 22.1. The molecule has 3 heterocycles. The first-order valence-corrected chi connectivity index (χ1v) is 13.5. The third-order valence-corrected chi connectivity index (χ3v) is 8.67. The summed E-state index contributed by atoms with van der Waals surface area (Å²) in [5, 5.41) is 13.0. The Morgan fingerprint density at radius 2 is 2.00 bits per heavy atom. The first-order valence-electron chi connectivity index (χ1n) is 13.2. The van der Waals surface area contributed by atoms with Crippen LogP contribution in [0.1, 0.15) is 63.6 Å². The normalized spacial score (nSPS) is 26.0. The number of amides is 1. The molecule has 0 aromatic heterocycles. The predicted octanol–water partition coefficient (Wildman–Crippen LogP) is 5.69. The van der Waals surface area contributed by atoms with Crippen molar-refractivity contribution in [2.75, 3.05) is 26.2 Å². The van der Waals surface area contributed by atoms with Gasteiger partial charge in [-0.3, -0.25) is 0 Å². The van der Waals surface area contributed by atoms with Crippen molar-refractivity contribution in [3.63, 3.8) is 0 Å². The highest BCUT2D eigenvalue weighted by atomic mass is 35.5. The number of hydrogen-bond acceptors (Lipinski definition) is 4. The zero-order valence-electron chi connectivity index (χ0n) is 21.4. The topological polar surface area (TPSA) is 55.8 Å². The summed E-state index contributed by atoms with van der Waals surface area (Å²) in [5.74, 6) is 0.551. The van der Waals surface area contributed by atoms with Crippen LogP contribution < -0.4 is 9.84 Å². The summed E-state index contributed by atoms with van der Waals surface area (Å²) in [7, 11) is 0. The fourth-order valence-electron chi connectivity index (χ4n) is 6.59. The standard InChI is InChI=1S/C29H36ClFN2O3/c1-4-5-12-36-26-7-6-19(14-23(26)30)21-13-20-16-29(2,3)27(22(20)15-24(21)31)33(28(34)35)25-17-32-10-8-18(25)9-11-32/h6-7,13-15,18,25,27H,4-5,8-12,16-17H2,1-3H3,(H,34,35)/p-1/t25-,27+/m1/s1. The third-order valence-electron chi connectivity index (χ3n) is 8.38. The van der Waals surface area contributed by atoms with Gasteiger partial charge in [0.05, 0.1) is 17.7 Å². The Balaban J connectivity index is 1.48. The molecule has 2 atom stereocenters. The second kappa shape index (κ2) is 9.86. The number of carboxylic acid groups (broad SMARTS) is 1. The van der Waals surface area contributed by atoms with E-state index in [9.17, 15) is 9.90 Å². The van der Waals surface area contributed by atoms with Gasteiger partial charge in [0, 0.05) is 18.2 Å². The highest BCUT2D eigenvalue weighted by Crippen LogP contribution is 2.52. The Labute approximate surface area is 218 Å². The number of nitrogens with zero attached hydrogens (tertiary/aromatic N) is 2. The number of hydrogen-bond donors (Lipinski definition) is 0. The number of carbonyl (C=O) groups is 1. The van der Waals surface area contributed by atoms with E-state index in [1.54, 1.807) is 23.1 Å². The fourth-order valence-corrected chi connectivity index (χ4v) is 6.83. The molecule has 194 valence electrons. The summed E-state index contributed by atoms with van der Waals surface area (Å²) in [6.45, 7) is 9.61. The lowest BCUT2D eigenvalue weighted by molar-refractivity contribution is -0.276. The van der Waals surface area contributed by atoms with Crippen molar-refractivity contribution in [2.45, 2.75) is 65.0 Å². The summed E-state index contributed by atoms with van der Waals surface area (Å²) < 4.78 is 21.4. The van der Waals surface area contributed by atoms with Gasteiger partial charge in [-0.25, -0.2) is 4.39 Å². The number of unbranched alkanes of at least 4 members (excludes halogenated alkanes) is 1. The van der Waals surface area contributed by atoms with Gasteiger partial charge in [-0.2, -0.15) is 0 Å². The van der Waals surface area contributed by atoms with Crippen LogP contribution in [0.4, 0.5) is 9.18 Å². The number of ether oxygens (including phenoxy) is 1. The van der Waals surface area contributed by atoms with Crippen LogP contribution in [0.5, 0.6) is 5.75 Å². The molecule has 2 aromatic rings. The molecule has 0 spiro atoms. The van der Waals surface area contributed by atoms with Gasteiger partial charge in [0.15, 0.2) is 0 Å². The van der Waals surface area contributed by atoms with Crippen molar-refractivity contribution in [3.8, 4) is 16.9 Å². The van der Waals surface area contributed by atoms with E-state index >= 15 is 4.39 Å². The maximum absolute atomic E-state index is 15.6. The number of benzene rings is 2. The van der Waals surface area contributed by atoms with Gasteiger partial charge in [0.2, 0.25) is 0 Å². The van der Waals surface area contributed by atoms with Crippen LogP contribution in [0.3, 0.4) is 0 Å². The lowest BCUT2D eigenvalue weighted by Gasteiger charge is -2.53. The molecule has 2 aromatic carbocycles. The maximum atomic E-state index is 15.6. The van der Waals surface area contributed by atoms with Crippen molar-refractivity contribution in [1.82, 2.24) is 9.80 Å². The Morgan fingerprint density at radius 3 is 2.61 bits per heavy atom. The van der Waals surface area contributed by atoms with E-state index in [0.717, 1.165) is 56.4 Å². The second-order valence-corrected chi connectivity index (χ2v) is 11.7. The molecule has 1 amide bonds. The quantitative estimate of drug-likeness (QED) is 0.446. The molecule has 0 unspecified atom stereocenters. The van der Waals surface area contributed by atoms with Gasteiger partial charge in [-0.15, -0.1) is 0 Å². The first kappa shape index (κ1) is 25.3. The Morgan fingerprint density at radius 1 is 1.25 bits per heavy atom. The molecule has 0 N–H and O–H groups in total. The number of piperidine rings is 3. The van der Waals surface area contributed by atoms with Crippen LogP contribution in [0.2, 0.25) is 5.02 Å².